The molecule has 2 aromatic carbocycles. The predicted molar refractivity (Wildman–Crippen MR) is 81.6 cm³/mol. The number of benzene rings is 2. The molecule has 0 spiro atoms. The molecule has 0 atom stereocenters. The predicted octanol–water partition coefficient (Wildman–Crippen LogP) is 4.14. The Labute approximate surface area is 129 Å². The van der Waals surface area contributed by atoms with Gasteiger partial charge in [-0.1, -0.05) is 28.1 Å². The Kier molecular flexibility index (Phi) is 4.70. The van der Waals surface area contributed by atoms with E-state index in [4.69, 9.17) is 4.74 Å². The highest BCUT2D eigenvalue weighted by molar-refractivity contribution is 9.10. The molecular weight excluding hydrogens is 338 g/mol. The number of carbonyl (C=O) groups excluding carboxylic acids is 1. The minimum absolute atomic E-state index is 0.0785. The maximum atomic E-state index is 11.3. The second-order valence-electron chi connectivity index (χ2n) is 4.41. The Morgan fingerprint density at radius 3 is 2.67 bits per heavy atom. The molecule has 0 bridgehead atoms. The van der Waals surface area contributed by atoms with E-state index >= 15 is 0 Å². The van der Waals surface area contributed by atoms with Crippen LogP contribution in [0.3, 0.4) is 0 Å². The minimum atomic E-state index is -0.581. The number of hydrogen-bond donors (Lipinski definition) is 0. The second kappa shape index (κ2) is 6.49. The number of Topliss-reactive ketones (excluding diaryl/α,β-unsaturated/α-hetero) is 1. The van der Waals surface area contributed by atoms with Gasteiger partial charge in [0, 0.05) is 4.47 Å². The summed E-state index contributed by atoms with van der Waals surface area (Å²) in [6.45, 7) is 1.58. The van der Waals surface area contributed by atoms with Crippen LogP contribution in [0, 0.1) is 10.1 Å². The average molecular weight is 350 g/mol. The number of halogens is 1. The summed E-state index contributed by atoms with van der Waals surface area (Å²) in [5, 5.41) is 11.0. The molecule has 2 aromatic rings. The van der Waals surface area contributed by atoms with E-state index in [0.717, 1.165) is 10.0 Å². The monoisotopic (exact) mass is 349 g/mol. The molecule has 6 heteroatoms. The van der Waals surface area contributed by atoms with Gasteiger partial charge in [-0.05, 0) is 36.8 Å². The average Bonchev–Trinajstić information content (AvgIpc) is 2.44. The summed E-state index contributed by atoms with van der Waals surface area (Å²) in [5.41, 5.74) is 0.770. The maximum absolute atomic E-state index is 11.3. The van der Waals surface area contributed by atoms with Crippen LogP contribution in [-0.2, 0) is 6.61 Å². The quantitative estimate of drug-likeness (QED) is 0.462. The van der Waals surface area contributed by atoms with Crippen molar-refractivity contribution in [1.29, 1.82) is 0 Å². The van der Waals surface area contributed by atoms with Gasteiger partial charge in [0.25, 0.3) is 5.69 Å². The van der Waals surface area contributed by atoms with E-state index in [1.165, 1.54) is 19.1 Å². The summed E-state index contributed by atoms with van der Waals surface area (Å²) in [6.07, 6.45) is 0. The van der Waals surface area contributed by atoms with Crippen LogP contribution < -0.4 is 4.74 Å². The second-order valence-corrected chi connectivity index (χ2v) is 5.33. The Hall–Kier alpha value is -2.21. The van der Waals surface area contributed by atoms with Crippen LogP contribution in [0.2, 0.25) is 0 Å². The summed E-state index contributed by atoms with van der Waals surface area (Å²) in [5.74, 6) is 0.00640. The third-order valence-corrected chi connectivity index (χ3v) is 3.33. The first-order valence-electron chi connectivity index (χ1n) is 6.14. The van der Waals surface area contributed by atoms with Gasteiger partial charge >= 0.3 is 0 Å². The fourth-order valence-corrected chi connectivity index (χ4v) is 2.29. The van der Waals surface area contributed by atoms with Crippen molar-refractivity contribution in [2.75, 3.05) is 0 Å². The molecule has 0 saturated heterocycles. The van der Waals surface area contributed by atoms with Crippen molar-refractivity contribution in [3.63, 3.8) is 0 Å². The highest BCUT2D eigenvalue weighted by atomic mass is 79.9. The first-order valence-corrected chi connectivity index (χ1v) is 6.93. The molecule has 0 aliphatic carbocycles. The first-order chi connectivity index (χ1) is 9.97. The summed E-state index contributed by atoms with van der Waals surface area (Å²) >= 11 is 3.36. The lowest BCUT2D eigenvalue weighted by Crippen LogP contribution is -2.02. The molecule has 0 N–H and O–H groups in total. The molecular formula is C15H12BrNO4. The van der Waals surface area contributed by atoms with Crippen LogP contribution in [0.15, 0.2) is 46.9 Å². The molecule has 0 saturated carbocycles. The van der Waals surface area contributed by atoms with Gasteiger partial charge in [-0.3, -0.25) is 14.9 Å². The normalized spacial score (nSPS) is 10.2. The van der Waals surface area contributed by atoms with Crippen molar-refractivity contribution in [2.24, 2.45) is 0 Å². The molecule has 0 aromatic heterocycles. The molecule has 2 rings (SSSR count). The smallest absolute Gasteiger partial charge is 0.283 e. The maximum Gasteiger partial charge on any atom is 0.283 e. The standard InChI is InChI=1S/C15H12BrNO4/c1-10(18)14-6-5-13(8-15(14)17(19)20)21-9-11-3-2-4-12(16)7-11/h2-8H,9H2,1H3. The number of ether oxygens (including phenoxy) is 1. The topological polar surface area (TPSA) is 69.4 Å². The van der Waals surface area contributed by atoms with Crippen LogP contribution in [0.25, 0.3) is 0 Å². The molecule has 108 valence electrons. The van der Waals surface area contributed by atoms with E-state index < -0.39 is 4.92 Å². The fraction of sp³-hybridized carbons (Fsp3) is 0.133. The van der Waals surface area contributed by atoms with E-state index in [1.807, 2.05) is 24.3 Å². The highest BCUT2D eigenvalue weighted by Gasteiger charge is 2.18. The van der Waals surface area contributed by atoms with E-state index in [2.05, 4.69) is 15.9 Å². The van der Waals surface area contributed by atoms with E-state index in [-0.39, 0.29) is 23.6 Å². The molecule has 21 heavy (non-hydrogen) atoms. The largest absolute Gasteiger partial charge is 0.489 e. The Morgan fingerprint density at radius 1 is 1.29 bits per heavy atom. The lowest BCUT2D eigenvalue weighted by Gasteiger charge is -2.07. The molecule has 5 nitrogen and oxygen atoms in total. The van der Waals surface area contributed by atoms with E-state index in [0.29, 0.717) is 5.75 Å². The first kappa shape index (κ1) is 15.2. The zero-order valence-corrected chi connectivity index (χ0v) is 12.8. The minimum Gasteiger partial charge on any atom is -0.489 e. The van der Waals surface area contributed by atoms with Gasteiger partial charge in [-0.25, -0.2) is 0 Å². The van der Waals surface area contributed by atoms with E-state index in [9.17, 15) is 14.9 Å². The van der Waals surface area contributed by atoms with Crippen LogP contribution in [-0.4, -0.2) is 10.7 Å². The molecule has 0 heterocycles. The number of rotatable bonds is 5. The lowest BCUT2D eigenvalue weighted by atomic mass is 10.1. The Morgan fingerprint density at radius 2 is 2.05 bits per heavy atom. The van der Waals surface area contributed by atoms with E-state index in [1.54, 1.807) is 6.07 Å². The molecule has 0 radical (unpaired) electrons. The fourth-order valence-electron chi connectivity index (χ4n) is 1.84. The van der Waals surface area contributed by atoms with Gasteiger partial charge in [0.15, 0.2) is 5.78 Å². The van der Waals surface area contributed by atoms with Crippen molar-refractivity contribution >= 4 is 27.4 Å². The number of carbonyl (C=O) groups is 1. The van der Waals surface area contributed by atoms with Crippen molar-refractivity contribution in [3.05, 3.63) is 68.2 Å². The summed E-state index contributed by atoms with van der Waals surface area (Å²) in [4.78, 5) is 21.8. The molecule has 0 fully saturated rings. The number of hydrogen-bond acceptors (Lipinski definition) is 4. The van der Waals surface area contributed by atoms with Gasteiger partial charge in [0.2, 0.25) is 0 Å². The van der Waals surface area contributed by atoms with Gasteiger partial charge in [-0.15, -0.1) is 0 Å². The summed E-state index contributed by atoms with van der Waals surface area (Å²) in [7, 11) is 0. The highest BCUT2D eigenvalue weighted by Crippen LogP contribution is 2.26. The molecule has 0 amide bonds. The zero-order chi connectivity index (χ0) is 15.4. The van der Waals surface area contributed by atoms with Crippen molar-refractivity contribution < 1.29 is 14.5 Å². The molecule has 0 aliphatic heterocycles. The number of nitro benzene ring substituents is 1. The zero-order valence-electron chi connectivity index (χ0n) is 11.2. The third kappa shape index (κ3) is 3.88. The number of nitrogens with zero attached hydrogens (tertiary/aromatic N) is 1. The SMILES string of the molecule is CC(=O)c1ccc(OCc2cccc(Br)c2)cc1[N+](=O)[O-]. The Balaban J connectivity index is 2.19. The summed E-state index contributed by atoms with van der Waals surface area (Å²) in [6, 6.07) is 11.8. The van der Waals surface area contributed by atoms with Crippen LogP contribution >= 0.6 is 15.9 Å². The van der Waals surface area contributed by atoms with Crippen LogP contribution in [0.5, 0.6) is 5.75 Å². The van der Waals surface area contributed by atoms with Gasteiger partial charge in [0.1, 0.15) is 12.4 Å². The van der Waals surface area contributed by atoms with Gasteiger partial charge in [-0.2, -0.15) is 0 Å². The number of ketones is 1. The summed E-state index contributed by atoms with van der Waals surface area (Å²) < 4.78 is 6.47. The molecule has 0 unspecified atom stereocenters. The van der Waals surface area contributed by atoms with Crippen molar-refractivity contribution in [2.45, 2.75) is 13.5 Å². The molecule has 0 aliphatic rings. The van der Waals surface area contributed by atoms with Gasteiger partial charge < -0.3 is 4.74 Å². The van der Waals surface area contributed by atoms with Gasteiger partial charge in [0.05, 0.1) is 16.6 Å². The number of nitro groups is 1. The lowest BCUT2D eigenvalue weighted by molar-refractivity contribution is -0.385. The Bertz CT molecular complexity index is 700. The van der Waals surface area contributed by atoms with Crippen molar-refractivity contribution in [1.82, 2.24) is 0 Å². The van der Waals surface area contributed by atoms with Crippen molar-refractivity contribution in [3.8, 4) is 5.75 Å². The third-order valence-electron chi connectivity index (χ3n) is 2.84. The van der Waals surface area contributed by atoms with Crippen LogP contribution in [0.4, 0.5) is 5.69 Å². The van der Waals surface area contributed by atoms with Crippen LogP contribution in [0.1, 0.15) is 22.8 Å².